The van der Waals surface area contributed by atoms with E-state index in [-0.39, 0.29) is 28.7 Å². The summed E-state index contributed by atoms with van der Waals surface area (Å²) in [5, 5.41) is 15.4. The third kappa shape index (κ3) is 4.37. The van der Waals surface area contributed by atoms with E-state index in [1.165, 1.54) is 40.2 Å². The van der Waals surface area contributed by atoms with E-state index in [1.807, 2.05) is 23.6 Å². The van der Waals surface area contributed by atoms with Gasteiger partial charge in [-0.3, -0.25) is 33.9 Å². The molecule has 0 spiro atoms. The molecule has 1 N–H and O–H groups in total. The molecule has 0 aliphatic carbocycles. The third-order valence-electron chi connectivity index (χ3n) is 6.58. The first-order chi connectivity index (χ1) is 18.8. The Balaban J connectivity index is 1.38. The number of nitro groups is 1. The monoisotopic (exact) mass is 578 g/mol. The highest BCUT2D eigenvalue weighted by Gasteiger charge is 2.57. The lowest BCUT2D eigenvalue weighted by molar-refractivity contribution is -0.384. The molecule has 2 unspecified atom stereocenters. The second-order valence-electron chi connectivity index (χ2n) is 8.88. The van der Waals surface area contributed by atoms with Gasteiger partial charge in [-0.25, -0.2) is 4.90 Å². The Labute approximate surface area is 233 Å². The molecule has 0 radical (unpaired) electrons. The number of benzene rings is 2. The zero-order valence-corrected chi connectivity index (χ0v) is 22.3. The molecule has 0 bridgehead atoms. The van der Waals surface area contributed by atoms with E-state index in [4.69, 9.17) is 0 Å². The van der Waals surface area contributed by atoms with Crippen LogP contribution in [0.1, 0.15) is 15.7 Å². The van der Waals surface area contributed by atoms with Crippen molar-refractivity contribution in [3.8, 4) is 0 Å². The Hall–Kier alpha value is -4.07. The number of nitrogens with zero attached hydrogens (tertiary/aromatic N) is 3. The highest BCUT2D eigenvalue weighted by atomic mass is 32.2. The first-order valence-corrected chi connectivity index (χ1v) is 14.3. The SMILES string of the molecule is O=C(Cn1c2c(sc1=O)[C@@H](c1cccs1)C1C(=O)N(c3ccc([N+](=O)[O-])cc3)C(=O)C1S2)Nc1ccccc1. The summed E-state index contributed by atoms with van der Waals surface area (Å²) in [5.41, 5.74) is 0.693. The van der Waals surface area contributed by atoms with Crippen LogP contribution in [0.2, 0.25) is 0 Å². The van der Waals surface area contributed by atoms with Crippen molar-refractivity contribution in [3.05, 3.63) is 102 Å². The summed E-state index contributed by atoms with van der Waals surface area (Å²) in [6.07, 6.45) is 0. The predicted molar refractivity (Wildman–Crippen MR) is 149 cm³/mol. The van der Waals surface area contributed by atoms with Gasteiger partial charge in [0.15, 0.2) is 0 Å². The van der Waals surface area contributed by atoms with E-state index in [2.05, 4.69) is 5.32 Å². The van der Waals surface area contributed by atoms with Gasteiger partial charge in [0, 0.05) is 33.5 Å². The quantitative estimate of drug-likeness (QED) is 0.205. The number of fused-ring (bicyclic) bond motifs is 2. The molecule has 0 saturated carbocycles. The van der Waals surface area contributed by atoms with Gasteiger partial charge in [0.1, 0.15) is 11.8 Å². The molecular formula is C26H18N4O6S3. The maximum Gasteiger partial charge on any atom is 0.308 e. The van der Waals surface area contributed by atoms with Crippen molar-refractivity contribution in [2.24, 2.45) is 5.92 Å². The fourth-order valence-electron chi connectivity index (χ4n) is 4.87. The van der Waals surface area contributed by atoms with E-state index in [9.17, 15) is 29.3 Å². The van der Waals surface area contributed by atoms with Crippen LogP contribution in [0.4, 0.5) is 17.1 Å². The molecule has 10 nitrogen and oxygen atoms in total. The smallest absolute Gasteiger partial charge is 0.308 e. The van der Waals surface area contributed by atoms with Crippen LogP contribution in [0.5, 0.6) is 0 Å². The highest BCUT2D eigenvalue weighted by molar-refractivity contribution is 8.00. The molecule has 6 rings (SSSR count). The minimum atomic E-state index is -0.829. The number of nitrogens with one attached hydrogen (secondary N) is 1. The molecule has 4 aromatic rings. The molecule has 1 saturated heterocycles. The molecule has 196 valence electrons. The van der Waals surface area contributed by atoms with Gasteiger partial charge in [0.2, 0.25) is 17.7 Å². The van der Waals surface area contributed by atoms with Gasteiger partial charge in [-0.05, 0) is 35.7 Å². The Kier molecular flexibility index (Phi) is 6.41. The van der Waals surface area contributed by atoms with Gasteiger partial charge < -0.3 is 5.32 Å². The fraction of sp³-hybridized carbons (Fsp3) is 0.154. The Bertz CT molecular complexity index is 1660. The number of thiophene rings is 1. The first kappa shape index (κ1) is 25.2. The molecule has 39 heavy (non-hydrogen) atoms. The minimum Gasteiger partial charge on any atom is -0.325 e. The van der Waals surface area contributed by atoms with Crippen molar-refractivity contribution in [2.75, 3.05) is 10.2 Å². The Morgan fingerprint density at radius 1 is 0.974 bits per heavy atom. The summed E-state index contributed by atoms with van der Waals surface area (Å²) in [6.45, 7) is -0.241. The van der Waals surface area contributed by atoms with Crippen LogP contribution < -0.4 is 15.1 Å². The number of para-hydroxylation sites is 1. The average Bonchev–Trinajstić information content (AvgIpc) is 3.62. The number of rotatable bonds is 6. The normalized spacial score (nSPS) is 20.0. The number of carbonyl (C=O) groups is 3. The maximum absolute atomic E-state index is 13.8. The second-order valence-corrected chi connectivity index (χ2v) is 12.0. The zero-order valence-electron chi connectivity index (χ0n) is 19.9. The summed E-state index contributed by atoms with van der Waals surface area (Å²) >= 11 is 3.53. The number of hydrogen-bond donors (Lipinski definition) is 1. The van der Waals surface area contributed by atoms with Crippen LogP contribution in [0.3, 0.4) is 0 Å². The lowest BCUT2D eigenvalue weighted by Gasteiger charge is -2.29. The van der Waals surface area contributed by atoms with Crippen molar-refractivity contribution in [1.82, 2.24) is 4.57 Å². The van der Waals surface area contributed by atoms with Gasteiger partial charge in [0.05, 0.1) is 21.6 Å². The number of aromatic nitrogens is 1. The van der Waals surface area contributed by atoms with Crippen molar-refractivity contribution < 1.29 is 19.3 Å². The molecular weight excluding hydrogens is 561 g/mol. The molecule has 13 heteroatoms. The standard InChI is InChI=1S/C26H18N4O6S3/c31-18(27-14-5-2-1-3-6-14)13-28-25-22(39-26(28)34)19(17-7-4-12-37-17)20-21(38-25)24(33)29(23(20)32)15-8-10-16(11-9-15)30(35)36/h1-12,19-21H,13H2,(H,27,31)/t19-,20?,21?/m0/s1. The summed E-state index contributed by atoms with van der Waals surface area (Å²) < 4.78 is 1.37. The maximum atomic E-state index is 13.8. The van der Waals surface area contributed by atoms with Crippen LogP contribution in [0.15, 0.2) is 81.9 Å². The molecule has 2 aliphatic heterocycles. The number of anilines is 2. The molecule has 4 heterocycles. The number of nitro benzene ring substituents is 1. The summed E-state index contributed by atoms with van der Waals surface area (Å²) in [5.74, 6) is -2.59. The average molecular weight is 579 g/mol. The van der Waals surface area contributed by atoms with Crippen molar-refractivity contribution in [1.29, 1.82) is 0 Å². The number of non-ortho nitro benzene ring substituents is 1. The zero-order chi connectivity index (χ0) is 27.3. The summed E-state index contributed by atoms with van der Waals surface area (Å²) in [4.78, 5) is 66.1. The molecule has 2 aromatic carbocycles. The Morgan fingerprint density at radius 2 is 1.72 bits per heavy atom. The second kappa shape index (κ2) is 9.91. The van der Waals surface area contributed by atoms with Crippen molar-refractivity contribution >= 4 is 69.2 Å². The van der Waals surface area contributed by atoms with E-state index < -0.39 is 33.8 Å². The number of thiazole rings is 1. The summed E-state index contributed by atoms with van der Waals surface area (Å²) in [7, 11) is 0. The van der Waals surface area contributed by atoms with E-state index >= 15 is 0 Å². The Morgan fingerprint density at radius 3 is 2.38 bits per heavy atom. The molecule has 2 aliphatic rings. The van der Waals surface area contributed by atoms with Crippen molar-refractivity contribution in [2.45, 2.75) is 22.7 Å². The van der Waals surface area contributed by atoms with Crippen LogP contribution in [0.25, 0.3) is 0 Å². The molecule has 2 aromatic heterocycles. The first-order valence-electron chi connectivity index (χ1n) is 11.7. The van der Waals surface area contributed by atoms with E-state index in [0.29, 0.717) is 15.6 Å². The highest BCUT2D eigenvalue weighted by Crippen LogP contribution is 2.54. The molecule has 3 atom stereocenters. The van der Waals surface area contributed by atoms with Gasteiger partial charge in [-0.15, -0.1) is 11.3 Å². The third-order valence-corrected chi connectivity index (χ3v) is 10.1. The fourth-order valence-corrected chi connectivity index (χ4v) is 8.59. The van der Waals surface area contributed by atoms with Gasteiger partial charge in [-0.2, -0.15) is 0 Å². The lowest BCUT2D eigenvalue weighted by Crippen LogP contribution is -2.32. The van der Waals surface area contributed by atoms with Crippen LogP contribution >= 0.6 is 34.4 Å². The number of thioether (sulfide) groups is 1. The number of imide groups is 1. The molecule has 3 amide bonds. The van der Waals surface area contributed by atoms with Gasteiger partial charge in [-0.1, -0.05) is 47.4 Å². The van der Waals surface area contributed by atoms with Gasteiger partial charge in [0.25, 0.3) is 5.69 Å². The number of amides is 3. The van der Waals surface area contributed by atoms with E-state index in [0.717, 1.165) is 32.9 Å². The predicted octanol–water partition coefficient (Wildman–Crippen LogP) is 4.31. The number of hydrogen-bond acceptors (Lipinski definition) is 9. The largest absolute Gasteiger partial charge is 0.325 e. The minimum absolute atomic E-state index is 0.152. The molecule has 1 fully saturated rings. The topological polar surface area (TPSA) is 132 Å². The van der Waals surface area contributed by atoms with Gasteiger partial charge >= 0.3 is 4.87 Å². The van der Waals surface area contributed by atoms with Crippen LogP contribution in [-0.4, -0.2) is 32.5 Å². The van der Waals surface area contributed by atoms with E-state index in [1.54, 1.807) is 24.3 Å². The van der Waals surface area contributed by atoms with Crippen LogP contribution in [-0.2, 0) is 20.9 Å². The summed E-state index contributed by atoms with van der Waals surface area (Å²) in [6, 6.07) is 17.9. The van der Waals surface area contributed by atoms with Crippen LogP contribution in [0, 0.1) is 16.0 Å². The lowest BCUT2D eigenvalue weighted by atomic mass is 9.87. The number of carbonyl (C=O) groups excluding carboxylic acids is 3. The van der Waals surface area contributed by atoms with Crippen molar-refractivity contribution in [3.63, 3.8) is 0 Å².